The predicted octanol–water partition coefficient (Wildman–Crippen LogP) is 1.40. The first-order chi connectivity index (χ1) is 8.31. The molecule has 0 radical (unpaired) electrons. The summed E-state index contributed by atoms with van der Waals surface area (Å²) in [5.74, 6) is 0.816. The standard InChI is InChI=1S/C13H17N3O/c17-13-15-11-4-3-9(7-12(11)16-13)1-2-10-5-6-14-8-10/h3-4,7,10,14H,1-2,5-6,8H2,(H2,15,16,17). The molecule has 0 amide bonds. The number of fused-ring (bicyclic) bond motifs is 1. The van der Waals surface area contributed by atoms with Crippen molar-refractivity contribution in [3.8, 4) is 0 Å². The Morgan fingerprint density at radius 3 is 2.94 bits per heavy atom. The number of hydrogen-bond acceptors (Lipinski definition) is 2. The van der Waals surface area contributed by atoms with Crippen LogP contribution in [0, 0.1) is 5.92 Å². The number of benzene rings is 1. The summed E-state index contributed by atoms with van der Waals surface area (Å²) in [5, 5.41) is 3.39. The third-order valence-corrected chi connectivity index (χ3v) is 3.58. The Morgan fingerprint density at radius 1 is 1.24 bits per heavy atom. The lowest BCUT2D eigenvalue weighted by molar-refractivity contribution is 0.533. The Kier molecular flexibility index (Phi) is 2.73. The Hall–Kier alpha value is -1.55. The van der Waals surface area contributed by atoms with Crippen molar-refractivity contribution < 1.29 is 0 Å². The van der Waals surface area contributed by atoms with Gasteiger partial charge in [-0.3, -0.25) is 0 Å². The molecular weight excluding hydrogens is 214 g/mol. The number of aromatic nitrogens is 2. The van der Waals surface area contributed by atoms with Crippen LogP contribution in [0.5, 0.6) is 0 Å². The largest absolute Gasteiger partial charge is 0.323 e. The molecule has 0 spiro atoms. The van der Waals surface area contributed by atoms with Crippen molar-refractivity contribution in [2.24, 2.45) is 5.92 Å². The van der Waals surface area contributed by atoms with E-state index in [1.165, 1.54) is 18.4 Å². The van der Waals surface area contributed by atoms with Crippen LogP contribution in [-0.4, -0.2) is 23.1 Å². The van der Waals surface area contributed by atoms with Crippen LogP contribution in [0.15, 0.2) is 23.0 Å². The normalized spacial score (nSPS) is 20.1. The second-order valence-electron chi connectivity index (χ2n) is 4.86. The van der Waals surface area contributed by atoms with Gasteiger partial charge in [-0.2, -0.15) is 0 Å². The van der Waals surface area contributed by atoms with Crippen LogP contribution in [0.1, 0.15) is 18.4 Å². The molecule has 4 heteroatoms. The zero-order chi connectivity index (χ0) is 11.7. The SMILES string of the molecule is O=c1[nH]c2ccc(CCC3CCNC3)cc2[nH]1. The smallest absolute Gasteiger partial charge is 0.316 e. The molecule has 4 nitrogen and oxygen atoms in total. The topological polar surface area (TPSA) is 60.7 Å². The van der Waals surface area contributed by atoms with Crippen LogP contribution in [0.4, 0.5) is 0 Å². The molecule has 2 heterocycles. The van der Waals surface area contributed by atoms with Crippen molar-refractivity contribution in [3.05, 3.63) is 34.2 Å². The number of H-pyrrole nitrogens is 2. The van der Waals surface area contributed by atoms with E-state index in [1.54, 1.807) is 0 Å². The number of nitrogens with one attached hydrogen (secondary N) is 3. The van der Waals surface area contributed by atoms with Gasteiger partial charge in [0.1, 0.15) is 0 Å². The lowest BCUT2D eigenvalue weighted by Crippen LogP contribution is -2.09. The van der Waals surface area contributed by atoms with Crippen molar-refractivity contribution >= 4 is 11.0 Å². The summed E-state index contributed by atoms with van der Waals surface area (Å²) in [4.78, 5) is 16.7. The third kappa shape index (κ3) is 2.26. The first-order valence-electron chi connectivity index (χ1n) is 6.23. The summed E-state index contributed by atoms with van der Waals surface area (Å²) in [6.07, 6.45) is 3.62. The molecule has 90 valence electrons. The first kappa shape index (κ1) is 10.6. The number of imidazole rings is 1. The van der Waals surface area contributed by atoms with Gasteiger partial charge >= 0.3 is 5.69 Å². The van der Waals surface area contributed by atoms with Crippen molar-refractivity contribution in [1.82, 2.24) is 15.3 Å². The minimum atomic E-state index is -0.128. The Labute approximate surface area is 99.4 Å². The molecule has 1 unspecified atom stereocenters. The van der Waals surface area contributed by atoms with Gasteiger partial charge in [0.25, 0.3) is 0 Å². The van der Waals surface area contributed by atoms with Crippen LogP contribution in [-0.2, 0) is 6.42 Å². The first-order valence-corrected chi connectivity index (χ1v) is 6.23. The fraction of sp³-hybridized carbons (Fsp3) is 0.462. The molecule has 17 heavy (non-hydrogen) atoms. The van der Waals surface area contributed by atoms with Gasteiger partial charge in [-0.1, -0.05) is 6.07 Å². The second-order valence-corrected chi connectivity index (χ2v) is 4.86. The predicted molar refractivity (Wildman–Crippen MR) is 68.2 cm³/mol. The molecule has 3 rings (SSSR count). The van der Waals surface area contributed by atoms with Gasteiger partial charge in [0.15, 0.2) is 0 Å². The van der Waals surface area contributed by atoms with Gasteiger partial charge in [-0.05, 0) is 56.0 Å². The summed E-state index contributed by atoms with van der Waals surface area (Å²) < 4.78 is 0. The molecule has 1 aromatic carbocycles. The lowest BCUT2D eigenvalue weighted by atomic mass is 9.99. The third-order valence-electron chi connectivity index (χ3n) is 3.58. The summed E-state index contributed by atoms with van der Waals surface area (Å²) >= 11 is 0. The molecule has 2 aromatic rings. The van der Waals surface area contributed by atoms with Crippen molar-refractivity contribution in [3.63, 3.8) is 0 Å². The monoisotopic (exact) mass is 231 g/mol. The minimum Gasteiger partial charge on any atom is -0.316 e. The van der Waals surface area contributed by atoms with Crippen molar-refractivity contribution in [2.45, 2.75) is 19.3 Å². The molecule has 1 fully saturated rings. The van der Waals surface area contributed by atoms with Gasteiger partial charge in [-0.15, -0.1) is 0 Å². The maximum atomic E-state index is 11.1. The molecule has 1 atom stereocenters. The van der Waals surface area contributed by atoms with Crippen LogP contribution >= 0.6 is 0 Å². The molecule has 1 aliphatic rings. The van der Waals surface area contributed by atoms with Crippen LogP contribution < -0.4 is 11.0 Å². The number of aromatic amines is 2. The van der Waals surface area contributed by atoms with E-state index >= 15 is 0 Å². The van der Waals surface area contributed by atoms with Gasteiger partial charge in [-0.25, -0.2) is 4.79 Å². The maximum Gasteiger partial charge on any atom is 0.323 e. The van der Waals surface area contributed by atoms with Crippen LogP contribution in [0.3, 0.4) is 0 Å². The Bertz CT molecular complexity index is 563. The molecule has 3 N–H and O–H groups in total. The molecule has 1 saturated heterocycles. The fourth-order valence-corrected chi connectivity index (χ4v) is 2.57. The van der Waals surface area contributed by atoms with Gasteiger partial charge in [0.2, 0.25) is 0 Å². The van der Waals surface area contributed by atoms with Crippen molar-refractivity contribution in [1.29, 1.82) is 0 Å². The van der Waals surface area contributed by atoms with E-state index < -0.39 is 0 Å². The average Bonchev–Trinajstić information content (AvgIpc) is 2.92. The zero-order valence-electron chi connectivity index (χ0n) is 9.75. The molecule has 1 aliphatic heterocycles. The Morgan fingerprint density at radius 2 is 2.12 bits per heavy atom. The lowest BCUT2D eigenvalue weighted by Gasteiger charge is -2.07. The van der Waals surface area contributed by atoms with E-state index in [2.05, 4.69) is 27.4 Å². The average molecular weight is 231 g/mol. The van der Waals surface area contributed by atoms with E-state index in [9.17, 15) is 4.79 Å². The molecular formula is C13H17N3O. The van der Waals surface area contributed by atoms with Crippen LogP contribution in [0.25, 0.3) is 11.0 Å². The van der Waals surface area contributed by atoms with Crippen molar-refractivity contribution in [2.75, 3.05) is 13.1 Å². The molecule has 0 bridgehead atoms. The Balaban J connectivity index is 1.73. The number of rotatable bonds is 3. The highest BCUT2D eigenvalue weighted by molar-refractivity contribution is 5.74. The molecule has 1 aromatic heterocycles. The summed E-state index contributed by atoms with van der Waals surface area (Å²) in [6.45, 7) is 2.32. The van der Waals surface area contributed by atoms with E-state index in [-0.39, 0.29) is 5.69 Å². The molecule has 0 aliphatic carbocycles. The summed E-state index contributed by atoms with van der Waals surface area (Å²) in [7, 11) is 0. The summed E-state index contributed by atoms with van der Waals surface area (Å²) in [5.41, 5.74) is 2.98. The van der Waals surface area contributed by atoms with Gasteiger partial charge in [0, 0.05) is 0 Å². The number of aryl methyl sites for hydroxylation is 1. The van der Waals surface area contributed by atoms with E-state index in [0.717, 1.165) is 36.5 Å². The number of hydrogen-bond donors (Lipinski definition) is 3. The highest BCUT2D eigenvalue weighted by atomic mass is 16.1. The highest BCUT2D eigenvalue weighted by Crippen LogP contribution is 2.17. The quantitative estimate of drug-likeness (QED) is 0.747. The van der Waals surface area contributed by atoms with Gasteiger partial charge < -0.3 is 15.3 Å². The molecule has 0 saturated carbocycles. The van der Waals surface area contributed by atoms with E-state index in [1.807, 2.05) is 6.07 Å². The summed E-state index contributed by atoms with van der Waals surface area (Å²) in [6, 6.07) is 6.17. The highest BCUT2D eigenvalue weighted by Gasteiger charge is 2.13. The second kappa shape index (κ2) is 4.37. The van der Waals surface area contributed by atoms with Gasteiger partial charge in [0.05, 0.1) is 11.0 Å². The zero-order valence-corrected chi connectivity index (χ0v) is 9.75. The minimum absolute atomic E-state index is 0.128. The fourth-order valence-electron chi connectivity index (χ4n) is 2.57. The van der Waals surface area contributed by atoms with Crippen LogP contribution in [0.2, 0.25) is 0 Å². The van der Waals surface area contributed by atoms with E-state index in [4.69, 9.17) is 0 Å². The maximum absolute atomic E-state index is 11.1. The van der Waals surface area contributed by atoms with E-state index in [0.29, 0.717) is 0 Å².